The summed E-state index contributed by atoms with van der Waals surface area (Å²) in [5.41, 5.74) is 3.08. The van der Waals surface area contributed by atoms with Crippen molar-refractivity contribution in [1.82, 2.24) is 4.98 Å². The van der Waals surface area contributed by atoms with Crippen molar-refractivity contribution in [3.05, 3.63) is 73.7 Å². The van der Waals surface area contributed by atoms with E-state index in [4.69, 9.17) is 0 Å². The Kier molecular flexibility index (Phi) is 6.37. The Morgan fingerprint density at radius 3 is 2.47 bits per heavy atom. The molecule has 0 aliphatic rings. The summed E-state index contributed by atoms with van der Waals surface area (Å²) < 4.78 is 28.0. The lowest BCUT2D eigenvalue weighted by Gasteiger charge is -2.12. The molecule has 0 atom stereocenters. The number of nitrogens with one attached hydrogen (secondary N) is 2. The molecule has 3 rings (SSSR count). The van der Waals surface area contributed by atoms with Gasteiger partial charge in [0.2, 0.25) is 0 Å². The van der Waals surface area contributed by atoms with Crippen molar-refractivity contribution in [3.8, 4) is 0 Å². The molecule has 0 fully saturated rings. The molecule has 0 spiro atoms. The van der Waals surface area contributed by atoms with Crippen LogP contribution in [0.3, 0.4) is 0 Å². The summed E-state index contributed by atoms with van der Waals surface area (Å²) >= 11 is 1.54. The molecule has 2 aromatic carbocycles. The minimum atomic E-state index is -3.97. The van der Waals surface area contributed by atoms with Crippen LogP contribution in [0, 0.1) is 30.9 Å². The van der Waals surface area contributed by atoms with Crippen LogP contribution < -0.4 is 10.0 Å². The first kappa shape index (κ1) is 21.7. The zero-order chi connectivity index (χ0) is 21.9. The predicted octanol–water partition coefficient (Wildman–Crippen LogP) is 4.43. The van der Waals surface area contributed by atoms with Crippen LogP contribution >= 0.6 is 11.3 Å². The fourth-order valence-corrected chi connectivity index (χ4v) is 4.76. The maximum atomic E-state index is 12.8. The van der Waals surface area contributed by atoms with E-state index in [0.29, 0.717) is 18.7 Å². The molecule has 0 amide bonds. The molecule has 0 saturated carbocycles. The zero-order valence-electron chi connectivity index (χ0n) is 16.8. The third kappa shape index (κ3) is 5.14. The number of nitrogens with zero attached hydrogens (tertiary/aromatic N) is 2. The molecular weight excluding hydrogens is 424 g/mol. The first-order valence-electron chi connectivity index (χ1n) is 9.19. The first-order valence-corrected chi connectivity index (χ1v) is 11.6. The van der Waals surface area contributed by atoms with Crippen molar-refractivity contribution in [2.24, 2.45) is 0 Å². The molecule has 0 unspecified atom stereocenters. The Morgan fingerprint density at radius 1 is 1.10 bits per heavy atom. The molecule has 8 nitrogen and oxygen atoms in total. The molecule has 0 aliphatic carbocycles. The van der Waals surface area contributed by atoms with Crippen LogP contribution in [0.4, 0.5) is 17.1 Å². The van der Waals surface area contributed by atoms with E-state index in [2.05, 4.69) is 15.0 Å². The predicted molar refractivity (Wildman–Crippen MR) is 119 cm³/mol. The number of sulfonamides is 1. The summed E-state index contributed by atoms with van der Waals surface area (Å²) in [6, 6.07) is 9.17. The highest BCUT2D eigenvalue weighted by Crippen LogP contribution is 2.29. The van der Waals surface area contributed by atoms with Crippen LogP contribution in [0.1, 0.15) is 21.8 Å². The van der Waals surface area contributed by atoms with Crippen LogP contribution in [-0.4, -0.2) is 24.9 Å². The summed E-state index contributed by atoms with van der Waals surface area (Å²) in [5, 5.41) is 17.4. The summed E-state index contributed by atoms with van der Waals surface area (Å²) in [4.78, 5) is 15.1. The third-order valence-electron chi connectivity index (χ3n) is 4.47. The average Bonchev–Trinajstić information content (AvgIpc) is 3.09. The second-order valence-electron chi connectivity index (χ2n) is 6.89. The highest BCUT2D eigenvalue weighted by molar-refractivity contribution is 7.92. The van der Waals surface area contributed by atoms with Gasteiger partial charge in [-0.15, -0.1) is 11.3 Å². The number of nitro benzene ring substituents is 1. The molecule has 158 valence electrons. The van der Waals surface area contributed by atoms with Gasteiger partial charge in [-0.1, -0.05) is 17.7 Å². The Bertz CT molecular complexity index is 1190. The normalized spacial score (nSPS) is 11.3. The highest BCUT2D eigenvalue weighted by Gasteiger charge is 2.22. The number of hydrogen-bond acceptors (Lipinski definition) is 7. The van der Waals surface area contributed by atoms with E-state index in [1.807, 2.05) is 25.3 Å². The van der Waals surface area contributed by atoms with Gasteiger partial charge in [-0.25, -0.2) is 13.4 Å². The molecule has 3 aromatic rings. The van der Waals surface area contributed by atoms with Crippen molar-refractivity contribution in [2.45, 2.75) is 32.1 Å². The number of thiazole rings is 1. The Morgan fingerprint density at radius 2 is 1.83 bits per heavy atom. The number of nitro groups is 1. The second-order valence-corrected chi connectivity index (χ2v) is 9.64. The maximum absolute atomic E-state index is 12.8. The van der Waals surface area contributed by atoms with Crippen LogP contribution in [0.2, 0.25) is 0 Å². The molecule has 10 heteroatoms. The lowest BCUT2D eigenvalue weighted by molar-refractivity contribution is -0.384. The summed E-state index contributed by atoms with van der Waals surface area (Å²) in [5.74, 6) is 0. The lowest BCUT2D eigenvalue weighted by atomic mass is 10.1. The number of rotatable bonds is 8. The van der Waals surface area contributed by atoms with Crippen LogP contribution in [0.5, 0.6) is 0 Å². The molecule has 0 saturated heterocycles. The fraction of sp³-hybridized carbons (Fsp3) is 0.250. The molecule has 0 aliphatic heterocycles. The van der Waals surface area contributed by atoms with Crippen LogP contribution in [0.15, 0.2) is 46.7 Å². The Labute approximate surface area is 179 Å². The van der Waals surface area contributed by atoms with Crippen LogP contribution in [-0.2, 0) is 16.4 Å². The van der Waals surface area contributed by atoms with E-state index >= 15 is 0 Å². The largest absolute Gasteiger partial charge is 0.379 e. The average molecular weight is 447 g/mol. The van der Waals surface area contributed by atoms with Crippen molar-refractivity contribution in [1.29, 1.82) is 0 Å². The van der Waals surface area contributed by atoms with Gasteiger partial charge in [-0.2, -0.15) is 0 Å². The van der Waals surface area contributed by atoms with Crippen LogP contribution in [0.25, 0.3) is 0 Å². The van der Waals surface area contributed by atoms with Crippen molar-refractivity contribution in [3.63, 3.8) is 0 Å². The number of hydrogen-bond donors (Lipinski definition) is 2. The Hall–Kier alpha value is -2.98. The lowest BCUT2D eigenvalue weighted by Crippen LogP contribution is -2.15. The van der Waals surface area contributed by atoms with Crippen molar-refractivity contribution in [2.75, 3.05) is 16.6 Å². The van der Waals surface area contributed by atoms with E-state index in [1.165, 1.54) is 12.1 Å². The van der Waals surface area contributed by atoms with Gasteiger partial charge in [0.15, 0.2) is 0 Å². The molecular formula is C20H22N4O4S2. The quantitative estimate of drug-likeness (QED) is 0.391. The van der Waals surface area contributed by atoms with Crippen molar-refractivity contribution < 1.29 is 13.3 Å². The monoisotopic (exact) mass is 446 g/mol. The summed E-state index contributed by atoms with van der Waals surface area (Å²) in [6.45, 7) is 6.06. The summed E-state index contributed by atoms with van der Waals surface area (Å²) in [7, 11) is -3.97. The molecule has 1 heterocycles. The highest BCUT2D eigenvalue weighted by atomic mass is 32.2. The number of aryl methyl sites for hydroxylation is 3. The number of anilines is 2. The SMILES string of the molecule is Cc1ccc(NS(=O)(=O)c2ccc(NCCc3csc(C)n3)c([N+](=O)[O-])c2)c(C)c1. The second kappa shape index (κ2) is 8.80. The smallest absolute Gasteiger partial charge is 0.293 e. The van der Waals surface area contributed by atoms with E-state index in [0.717, 1.165) is 27.9 Å². The molecule has 2 N–H and O–H groups in total. The van der Waals surface area contributed by atoms with Gasteiger partial charge in [-0.05, 0) is 44.5 Å². The number of benzene rings is 2. The fourth-order valence-electron chi connectivity index (χ4n) is 2.96. The minimum absolute atomic E-state index is 0.171. The maximum Gasteiger partial charge on any atom is 0.293 e. The van der Waals surface area contributed by atoms with Gasteiger partial charge in [0.05, 0.1) is 26.2 Å². The van der Waals surface area contributed by atoms with E-state index in [1.54, 1.807) is 30.4 Å². The van der Waals surface area contributed by atoms with Gasteiger partial charge in [0.1, 0.15) is 5.69 Å². The summed E-state index contributed by atoms with van der Waals surface area (Å²) in [6.07, 6.45) is 0.607. The van der Waals surface area contributed by atoms with Gasteiger partial charge in [0, 0.05) is 24.4 Å². The minimum Gasteiger partial charge on any atom is -0.379 e. The van der Waals surface area contributed by atoms with E-state index < -0.39 is 14.9 Å². The molecule has 1 aromatic heterocycles. The molecule has 30 heavy (non-hydrogen) atoms. The Balaban J connectivity index is 1.80. The van der Waals surface area contributed by atoms with Gasteiger partial charge in [0.25, 0.3) is 15.7 Å². The first-order chi connectivity index (χ1) is 14.2. The zero-order valence-corrected chi connectivity index (χ0v) is 18.4. The van der Waals surface area contributed by atoms with Gasteiger partial charge >= 0.3 is 0 Å². The van der Waals surface area contributed by atoms with Gasteiger partial charge < -0.3 is 5.32 Å². The third-order valence-corrected chi connectivity index (χ3v) is 6.65. The van der Waals surface area contributed by atoms with E-state index in [-0.39, 0.29) is 16.3 Å². The van der Waals surface area contributed by atoms with Crippen molar-refractivity contribution >= 4 is 38.4 Å². The molecule has 0 radical (unpaired) electrons. The molecule has 0 bridgehead atoms. The number of aromatic nitrogens is 1. The standard InChI is InChI=1S/C20H22N4O4S2/c1-13-4-6-18(14(2)10-13)23-30(27,28)17-5-7-19(20(11-17)24(25)26)21-9-8-16-12-29-15(3)22-16/h4-7,10-12,21,23H,8-9H2,1-3H3. The topological polar surface area (TPSA) is 114 Å². The van der Waals surface area contributed by atoms with Gasteiger partial charge in [-0.3, -0.25) is 14.8 Å². The van der Waals surface area contributed by atoms with E-state index in [9.17, 15) is 18.5 Å².